The molecular formula is C16H13NO3. The molecule has 0 N–H and O–H groups in total. The van der Waals surface area contributed by atoms with Crippen LogP contribution in [0.3, 0.4) is 0 Å². The third-order valence-electron chi connectivity index (χ3n) is 3.40. The molecule has 1 heterocycles. The number of methoxy groups -OCH3 is 1. The highest BCUT2D eigenvalue weighted by Gasteiger charge is 2.36. The normalized spacial score (nSPS) is 13.6. The molecule has 1 aliphatic heterocycles. The number of benzene rings is 2. The molecule has 0 radical (unpaired) electrons. The molecule has 2 aromatic rings. The minimum absolute atomic E-state index is 0.160. The topological polar surface area (TPSA) is 52.4 Å². The van der Waals surface area contributed by atoms with Crippen molar-refractivity contribution in [2.75, 3.05) is 7.11 Å². The van der Waals surface area contributed by atoms with Crippen LogP contribution < -0.4 is 4.74 Å². The number of Topliss-reactive ketones (excluding diaryl/α,β-unsaturated/α-hetero) is 1. The standard InChI is InChI=1S/C16H13NO3/c1-10-3-8-14-13(9-10)16(18)15(17(14)19)11-4-6-12(20-2)7-5-11/h3-9H,1-2H3. The maximum atomic E-state index is 12.4. The van der Waals surface area contributed by atoms with Crippen LogP contribution in [0.25, 0.3) is 0 Å². The van der Waals surface area contributed by atoms with Crippen molar-refractivity contribution in [2.45, 2.75) is 6.92 Å². The second kappa shape index (κ2) is 4.49. The minimum Gasteiger partial charge on any atom is -0.618 e. The van der Waals surface area contributed by atoms with E-state index in [9.17, 15) is 10.0 Å². The molecule has 0 saturated carbocycles. The zero-order chi connectivity index (χ0) is 14.3. The van der Waals surface area contributed by atoms with Gasteiger partial charge < -0.3 is 9.94 Å². The number of nitrogens with zero attached hydrogens (tertiary/aromatic N) is 1. The first-order valence-corrected chi connectivity index (χ1v) is 6.26. The Labute approximate surface area is 116 Å². The zero-order valence-electron chi connectivity index (χ0n) is 11.2. The number of hydrogen-bond acceptors (Lipinski definition) is 3. The lowest BCUT2D eigenvalue weighted by Gasteiger charge is -2.03. The highest BCUT2D eigenvalue weighted by Crippen LogP contribution is 2.29. The van der Waals surface area contributed by atoms with Crippen molar-refractivity contribution in [1.29, 1.82) is 0 Å². The molecule has 100 valence electrons. The fourth-order valence-corrected chi connectivity index (χ4v) is 2.35. The Bertz CT molecular complexity index is 730. The summed E-state index contributed by atoms with van der Waals surface area (Å²) in [6.45, 7) is 1.90. The Morgan fingerprint density at radius 3 is 2.45 bits per heavy atom. The van der Waals surface area contributed by atoms with E-state index in [-0.39, 0.29) is 11.5 Å². The van der Waals surface area contributed by atoms with Crippen LogP contribution in [0.15, 0.2) is 42.5 Å². The molecule has 0 aromatic heterocycles. The van der Waals surface area contributed by atoms with Gasteiger partial charge in [0.25, 0.3) is 11.5 Å². The van der Waals surface area contributed by atoms with Crippen molar-refractivity contribution in [2.24, 2.45) is 0 Å². The number of ketones is 1. The van der Waals surface area contributed by atoms with E-state index in [2.05, 4.69) is 0 Å². The third kappa shape index (κ3) is 1.77. The molecule has 0 aliphatic carbocycles. The van der Waals surface area contributed by atoms with Crippen molar-refractivity contribution < 1.29 is 14.3 Å². The monoisotopic (exact) mass is 267 g/mol. The van der Waals surface area contributed by atoms with Crippen molar-refractivity contribution >= 4 is 17.2 Å². The van der Waals surface area contributed by atoms with Gasteiger partial charge in [-0.25, -0.2) is 0 Å². The molecule has 4 heteroatoms. The minimum atomic E-state index is -0.233. The summed E-state index contributed by atoms with van der Waals surface area (Å²) in [7, 11) is 1.57. The molecule has 3 rings (SSSR count). The highest BCUT2D eigenvalue weighted by atomic mass is 16.5. The van der Waals surface area contributed by atoms with E-state index in [0.29, 0.717) is 27.3 Å². The average Bonchev–Trinajstić information content (AvgIpc) is 2.71. The first-order chi connectivity index (χ1) is 9.61. The van der Waals surface area contributed by atoms with E-state index in [0.717, 1.165) is 5.56 Å². The second-order valence-electron chi connectivity index (χ2n) is 4.72. The lowest BCUT2D eigenvalue weighted by atomic mass is 10.0. The molecule has 0 fully saturated rings. The predicted octanol–water partition coefficient (Wildman–Crippen LogP) is 2.83. The van der Waals surface area contributed by atoms with Crippen LogP contribution in [0, 0.1) is 12.1 Å². The summed E-state index contributed by atoms with van der Waals surface area (Å²) in [5, 5.41) is 12.3. The SMILES string of the molecule is COc1ccc(C2=[N+]([O-])c3ccc(C)cc3C2=O)cc1. The Hall–Kier alpha value is -2.62. The number of rotatable bonds is 2. The van der Waals surface area contributed by atoms with Gasteiger partial charge in [-0.15, -0.1) is 0 Å². The van der Waals surface area contributed by atoms with Gasteiger partial charge in [0.2, 0.25) is 5.69 Å². The molecule has 0 atom stereocenters. The smallest absolute Gasteiger partial charge is 0.272 e. The van der Waals surface area contributed by atoms with E-state index >= 15 is 0 Å². The number of fused-ring (bicyclic) bond motifs is 1. The van der Waals surface area contributed by atoms with Crippen LogP contribution in [0.1, 0.15) is 21.5 Å². The van der Waals surface area contributed by atoms with Crippen LogP contribution in [0.4, 0.5) is 5.69 Å². The first kappa shape index (κ1) is 12.4. The Kier molecular flexibility index (Phi) is 2.79. The van der Waals surface area contributed by atoms with E-state index in [1.807, 2.05) is 13.0 Å². The van der Waals surface area contributed by atoms with E-state index in [4.69, 9.17) is 4.74 Å². The van der Waals surface area contributed by atoms with Gasteiger partial charge in [0.1, 0.15) is 11.3 Å². The maximum Gasteiger partial charge on any atom is 0.272 e. The van der Waals surface area contributed by atoms with Crippen LogP contribution in [-0.2, 0) is 0 Å². The van der Waals surface area contributed by atoms with Crippen LogP contribution in [0.2, 0.25) is 0 Å². The first-order valence-electron chi connectivity index (χ1n) is 6.26. The van der Waals surface area contributed by atoms with Gasteiger partial charge in [-0.05, 0) is 42.8 Å². The predicted molar refractivity (Wildman–Crippen MR) is 75.9 cm³/mol. The zero-order valence-corrected chi connectivity index (χ0v) is 11.2. The summed E-state index contributed by atoms with van der Waals surface area (Å²) in [6.07, 6.45) is 0. The molecule has 0 spiro atoms. The highest BCUT2D eigenvalue weighted by molar-refractivity contribution is 6.52. The van der Waals surface area contributed by atoms with Gasteiger partial charge in [0, 0.05) is 6.07 Å². The number of carbonyl (C=O) groups is 1. The average molecular weight is 267 g/mol. The number of hydrogen-bond donors (Lipinski definition) is 0. The van der Waals surface area contributed by atoms with Crippen molar-refractivity contribution in [3.05, 3.63) is 64.4 Å². The molecule has 1 aliphatic rings. The van der Waals surface area contributed by atoms with Gasteiger partial charge in [-0.1, -0.05) is 6.07 Å². The molecule has 20 heavy (non-hydrogen) atoms. The van der Waals surface area contributed by atoms with Crippen LogP contribution in [0.5, 0.6) is 5.75 Å². The fraction of sp³-hybridized carbons (Fsp3) is 0.125. The number of carbonyl (C=O) groups excluding carboxylic acids is 1. The summed E-state index contributed by atoms with van der Waals surface area (Å²) >= 11 is 0. The summed E-state index contributed by atoms with van der Waals surface area (Å²) in [6, 6.07) is 12.2. The van der Waals surface area contributed by atoms with Gasteiger partial charge in [0.05, 0.1) is 12.7 Å². The second-order valence-corrected chi connectivity index (χ2v) is 4.72. The molecule has 0 saturated heterocycles. The Morgan fingerprint density at radius 1 is 1.10 bits per heavy atom. The Balaban J connectivity index is 2.11. The third-order valence-corrected chi connectivity index (χ3v) is 3.40. The molecule has 2 aromatic carbocycles. The van der Waals surface area contributed by atoms with E-state index in [1.165, 1.54) is 0 Å². The molecular weight excluding hydrogens is 254 g/mol. The fourth-order valence-electron chi connectivity index (χ4n) is 2.35. The van der Waals surface area contributed by atoms with E-state index in [1.54, 1.807) is 43.5 Å². The Morgan fingerprint density at radius 2 is 1.80 bits per heavy atom. The van der Waals surface area contributed by atoms with Crippen molar-refractivity contribution in [3.8, 4) is 5.75 Å². The molecule has 0 amide bonds. The lowest BCUT2D eigenvalue weighted by molar-refractivity contribution is -0.355. The van der Waals surface area contributed by atoms with Gasteiger partial charge in [0.15, 0.2) is 0 Å². The summed E-state index contributed by atoms with van der Waals surface area (Å²) < 4.78 is 5.78. The molecule has 4 nitrogen and oxygen atoms in total. The molecule has 0 bridgehead atoms. The lowest BCUT2D eigenvalue weighted by Crippen LogP contribution is -2.16. The summed E-state index contributed by atoms with van der Waals surface area (Å²) in [5.74, 6) is 0.453. The van der Waals surface area contributed by atoms with Gasteiger partial charge >= 0.3 is 0 Å². The van der Waals surface area contributed by atoms with Gasteiger partial charge in [-0.2, -0.15) is 4.74 Å². The van der Waals surface area contributed by atoms with Gasteiger partial charge in [-0.3, -0.25) is 4.79 Å². The number of ether oxygens (including phenoxy) is 1. The van der Waals surface area contributed by atoms with Crippen molar-refractivity contribution in [3.63, 3.8) is 0 Å². The summed E-state index contributed by atoms with van der Waals surface area (Å²) in [4.78, 5) is 12.4. The number of aryl methyl sites for hydroxylation is 1. The molecule has 0 unspecified atom stereocenters. The largest absolute Gasteiger partial charge is 0.618 e. The van der Waals surface area contributed by atoms with E-state index < -0.39 is 0 Å². The van der Waals surface area contributed by atoms with Crippen molar-refractivity contribution in [1.82, 2.24) is 0 Å². The summed E-state index contributed by atoms with van der Waals surface area (Å²) in [5.41, 5.74) is 2.59. The van der Waals surface area contributed by atoms with Crippen LogP contribution in [-0.4, -0.2) is 23.3 Å². The quantitative estimate of drug-likeness (QED) is 0.621. The van der Waals surface area contributed by atoms with Crippen LogP contribution >= 0.6 is 0 Å². The maximum absolute atomic E-state index is 12.4.